The van der Waals surface area contributed by atoms with Crippen molar-refractivity contribution in [3.63, 3.8) is 0 Å². The Morgan fingerprint density at radius 3 is 2.68 bits per heavy atom. The van der Waals surface area contributed by atoms with E-state index in [0.29, 0.717) is 12.1 Å². The molecule has 0 aliphatic heterocycles. The van der Waals surface area contributed by atoms with Crippen LogP contribution in [0.25, 0.3) is 0 Å². The van der Waals surface area contributed by atoms with Gasteiger partial charge in [0.25, 0.3) is 5.91 Å². The number of carbonyl (C=O) groups excluding carboxylic acids is 2. The Hall–Kier alpha value is -2.88. The third kappa shape index (κ3) is 5.63. The predicted octanol–water partition coefficient (Wildman–Crippen LogP) is 1.52. The highest BCUT2D eigenvalue weighted by atomic mass is 16.4. The number of hydrogen-bond acceptors (Lipinski definition) is 4. The second-order valence-corrected chi connectivity index (χ2v) is 4.68. The molecule has 1 aromatic carbocycles. The molecule has 0 bridgehead atoms. The molecule has 0 spiro atoms. The van der Waals surface area contributed by atoms with Crippen molar-refractivity contribution in [2.45, 2.75) is 32.2 Å². The first-order valence-corrected chi connectivity index (χ1v) is 6.72. The van der Waals surface area contributed by atoms with Gasteiger partial charge in [0.2, 0.25) is 5.91 Å². The fraction of sp³-hybridized carbons (Fsp3) is 0.333. The summed E-state index contributed by atoms with van der Waals surface area (Å²) in [5, 5.41) is 22.5. The summed E-state index contributed by atoms with van der Waals surface area (Å²) in [4.78, 5) is 34.2. The van der Waals surface area contributed by atoms with Crippen molar-refractivity contribution >= 4 is 23.5 Å². The Morgan fingerprint density at radius 1 is 1.36 bits per heavy atom. The number of nitriles is 1. The maximum absolute atomic E-state index is 12.1. The monoisotopic (exact) mass is 303 g/mol. The van der Waals surface area contributed by atoms with E-state index in [1.165, 1.54) is 19.1 Å². The van der Waals surface area contributed by atoms with E-state index in [1.807, 2.05) is 6.07 Å². The fourth-order valence-electron chi connectivity index (χ4n) is 1.83. The molecule has 0 saturated carbocycles. The van der Waals surface area contributed by atoms with Gasteiger partial charge in [-0.05, 0) is 31.0 Å². The zero-order valence-corrected chi connectivity index (χ0v) is 12.1. The molecule has 7 heteroatoms. The van der Waals surface area contributed by atoms with Gasteiger partial charge >= 0.3 is 5.97 Å². The first kappa shape index (κ1) is 17.2. The van der Waals surface area contributed by atoms with Gasteiger partial charge in [0.15, 0.2) is 0 Å². The van der Waals surface area contributed by atoms with Crippen LogP contribution in [-0.2, 0) is 9.59 Å². The van der Waals surface area contributed by atoms with E-state index in [-0.39, 0.29) is 24.3 Å². The summed E-state index contributed by atoms with van der Waals surface area (Å²) in [6, 6.07) is 7.08. The van der Waals surface area contributed by atoms with E-state index < -0.39 is 17.9 Å². The van der Waals surface area contributed by atoms with Gasteiger partial charge in [-0.3, -0.25) is 9.59 Å². The molecule has 0 aromatic heterocycles. The summed E-state index contributed by atoms with van der Waals surface area (Å²) in [6.45, 7) is 1.35. The van der Waals surface area contributed by atoms with E-state index >= 15 is 0 Å². The molecular weight excluding hydrogens is 286 g/mol. The molecule has 0 unspecified atom stereocenters. The van der Waals surface area contributed by atoms with E-state index in [2.05, 4.69) is 10.6 Å². The molecule has 0 fully saturated rings. The number of carboxylic acid groups (broad SMARTS) is 1. The molecule has 3 N–H and O–H groups in total. The van der Waals surface area contributed by atoms with Crippen LogP contribution in [0.15, 0.2) is 24.3 Å². The average Bonchev–Trinajstić information content (AvgIpc) is 2.45. The summed E-state index contributed by atoms with van der Waals surface area (Å²) in [6.07, 6.45) is 0.803. The Kier molecular flexibility index (Phi) is 6.57. The van der Waals surface area contributed by atoms with E-state index in [4.69, 9.17) is 10.4 Å². The molecule has 0 saturated heterocycles. The lowest BCUT2D eigenvalue weighted by Crippen LogP contribution is -2.40. The maximum atomic E-state index is 12.1. The number of anilines is 1. The number of amides is 2. The number of unbranched alkanes of at least 4 members (excludes halogenated alkanes) is 1. The van der Waals surface area contributed by atoms with Crippen molar-refractivity contribution in [3.05, 3.63) is 29.8 Å². The van der Waals surface area contributed by atoms with Crippen LogP contribution in [0.3, 0.4) is 0 Å². The average molecular weight is 303 g/mol. The molecule has 0 radical (unpaired) electrons. The van der Waals surface area contributed by atoms with Gasteiger partial charge < -0.3 is 15.7 Å². The van der Waals surface area contributed by atoms with Gasteiger partial charge in [0.05, 0.1) is 6.07 Å². The largest absolute Gasteiger partial charge is 0.480 e. The van der Waals surface area contributed by atoms with Crippen LogP contribution in [0.5, 0.6) is 0 Å². The minimum Gasteiger partial charge on any atom is -0.480 e. The Labute approximate surface area is 127 Å². The van der Waals surface area contributed by atoms with Gasteiger partial charge in [0.1, 0.15) is 6.04 Å². The Balaban J connectivity index is 2.75. The minimum atomic E-state index is -1.15. The number of nitrogens with zero attached hydrogens (tertiary/aromatic N) is 1. The highest BCUT2D eigenvalue weighted by Crippen LogP contribution is 2.11. The van der Waals surface area contributed by atoms with E-state index in [1.54, 1.807) is 12.1 Å². The van der Waals surface area contributed by atoms with Crippen molar-refractivity contribution in [2.75, 3.05) is 5.32 Å². The smallest absolute Gasteiger partial charge is 0.326 e. The summed E-state index contributed by atoms with van der Waals surface area (Å²) >= 11 is 0. The molecule has 0 aliphatic rings. The molecule has 1 aromatic rings. The number of carbonyl (C=O) groups is 3. The van der Waals surface area contributed by atoms with Crippen LogP contribution in [0.2, 0.25) is 0 Å². The number of carboxylic acids is 1. The quantitative estimate of drug-likeness (QED) is 0.660. The van der Waals surface area contributed by atoms with E-state index in [9.17, 15) is 14.4 Å². The third-order valence-corrected chi connectivity index (χ3v) is 2.83. The lowest BCUT2D eigenvalue weighted by Gasteiger charge is -2.14. The third-order valence-electron chi connectivity index (χ3n) is 2.83. The van der Waals surface area contributed by atoms with Crippen molar-refractivity contribution < 1.29 is 19.5 Å². The molecule has 0 aliphatic carbocycles. The lowest BCUT2D eigenvalue weighted by molar-refractivity contribution is -0.139. The second-order valence-electron chi connectivity index (χ2n) is 4.68. The topological polar surface area (TPSA) is 119 Å². The van der Waals surface area contributed by atoms with Crippen molar-refractivity contribution in [3.8, 4) is 6.07 Å². The summed E-state index contributed by atoms with van der Waals surface area (Å²) in [5.74, 6) is -1.96. The second kappa shape index (κ2) is 8.42. The van der Waals surface area contributed by atoms with Gasteiger partial charge in [-0.15, -0.1) is 0 Å². The zero-order valence-electron chi connectivity index (χ0n) is 12.1. The normalized spacial score (nSPS) is 11.1. The molecule has 7 nitrogen and oxygen atoms in total. The number of nitrogens with one attached hydrogen (secondary N) is 2. The predicted molar refractivity (Wildman–Crippen MR) is 79.1 cm³/mol. The molecule has 1 atom stereocenters. The van der Waals surface area contributed by atoms with Crippen LogP contribution in [0.1, 0.15) is 36.5 Å². The van der Waals surface area contributed by atoms with Gasteiger partial charge in [-0.1, -0.05) is 6.07 Å². The SMILES string of the molecule is CC(=O)Nc1cccc(C(=O)N[C@@H](CCCC#N)C(=O)O)c1. The summed E-state index contributed by atoms with van der Waals surface area (Å²) in [5.41, 5.74) is 0.703. The molecule has 2 amide bonds. The van der Waals surface area contributed by atoms with Crippen molar-refractivity contribution in [1.29, 1.82) is 5.26 Å². The highest BCUT2D eigenvalue weighted by Gasteiger charge is 2.20. The van der Waals surface area contributed by atoms with Crippen LogP contribution in [0.4, 0.5) is 5.69 Å². The van der Waals surface area contributed by atoms with Gasteiger partial charge in [-0.2, -0.15) is 5.26 Å². The van der Waals surface area contributed by atoms with Crippen LogP contribution < -0.4 is 10.6 Å². The van der Waals surface area contributed by atoms with E-state index in [0.717, 1.165) is 0 Å². The summed E-state index contributed by atoms with van der Waals surface area (Å²) < 4.78 is 0. The van der Waals surface area contributed by atoms with Crippen LogP contribution in [-0.4, -0.2) is 28.9 Å². The Morgan fingerprint density at radius 2 is 2.09 bits per heavy atom. The first-order chi connectivity index (χ1) is 10.4. The number of hydrogen-bond donors (Lipinski definition) is 3. The molecule has 22 heavy (non-hydrogen) atoms. The minimum absolute atomic E-state index is 0.181. The van der Waals surface area contributed by atoms with Crippen LogP contribution in [0, 0.1) is 11.3 Å². The summed E-state index contributed by atoms with van der Waals surface area (Å²) in [7, 11) is 0. The zero-order chi connectivity index (χ0) is 16.5. The Bertz CT molecular complexity index is 607. The first-order valence-electron chi connectivity index (χ1n) is 6.72. The van der Waals surface area contributed by atoms with Crippen LogP contribution >= 0.6 is 0 Å². The van der Waals surface area contributed by atoms with Gasteiger partial charge in [0, 0.05) is 24.6 Å². The molecular formula is C15H17N3O4. The van der Waals surface area contributed by atoms with Gasteiger partial charge in [-0.25, -0.2) is 4.79 Å². The maximum Gasteiger partial charge on any atom is 0.326 e. The van der Waals surface area contributed by atoms with Crippen molar-refractivity contribution in [1.82, 2.24) is 5.32 Å². The number of benzene rings is 1. The molecule has 0 heterocycles. The van der Waals surface area contributed by atoms with Crippen molar-refractivity contribution in [2.24, 2.45) is 0 Å². The molecule has 1 rings (SSSR count). The highest BCUT2D eigenvalue weighted by molar-refractivity contribution is 5.98. The molecule has 116 valence electrons. The standard InChI is InChI=1S/C15H17N3O4/c1-10(19)17-12-6-4-5-11(9-12)14(20)18-13(15(21)22)7-2-3-8-16/h4-6,9,13H,2-3,7H2,1H3,(H,17,19)(H,18,20)(H,21,22)/t13-/m0/s1. The number of rotatable bonds is 7. The number of aliphatic carboxylic acids is 1. The lowest BCUT2D eigenvalue weighted by atomic mass is 10.1. The fourth-order valence-corrected chi connectivity index (χ4v) is 1.83.